The van der Waals surface area contributed by atoms with Crippen LogP contribution in [0.2, 0.25) is 0 Å². The quantitative estimate of drug-likeness (QED) is 0.724. The van der Waals surface area contributed by atoms with Crippen LogP contribution in [0.4, 0.5) is 0 Å². The van der Waals surface area contributed by atoms with Crippen molar-refractivity contribution in [3.05, 3.63) is 48.0 Å². The lowest BCUT2D eigenvalue weighted by atomic mass is 9.81. The largest absolute Gasteiger partial charge is 0.326 e. The molecule has 0 fully saturated rings. The Bertz CT molecular complexity index is 313. The van der Waals surface area contributed by atoms with Gasteiger partial charge in [0.2, 0.25) is 0 Å². The first-order chi connectivity index (χ1) is 6.60. The van der Waals surface area contributed by atoms with Crippen molar-refractivity contribution >= 4 is 0 Å². The molecule has 1 aromatic rings. The van der Waals surface area contributed by atoms with Crippen molar-refractivity contribution in [2.45, 2.75) is 32.2 Å². The Labute approximate surface area is 86.6 Å². The second kappa shape index (κ2) is 4.43. The molecule has 0 aliphatic carbocycles. The third-order valence-electron chi connectivity index (χ3n) is 2.60. The Morgan fingerprint density at radius 1 is 1.43 bits per heavy atom. The van der Waals surface area contributed by atoms with E-state index in [1.165, 1.54) is 11.1 Å². The molecule has 0 heterocycles. The van der Waals surface area contributed by atoms with E-state index in [1.54, 1.807) is 0 Å². The molecular weight excluding hydrogens is 170 g/mol. The van der Waals surface area contributed by atoms with Crippen LogP contribution in [0.15, 0.2) is 36.9 Å². The molecule has 0 spiro atoms. The van der Waals surface area contributed by atoms with Gasteiger partial charge in [0.1, 0.15) is 0 Å². The maximum atomic E-state index is 5.62. The lowest BCUT2D eigenvalue weighted by Crippen LogP contribution is -2.16. The van der Waals surface area contributed by atoms with Crippen molar-refractivity contribution in [3.63, 3.8) is 0 Å². The lowest BCUT2D eigenvalue weighted by Gasteiger charge is -2.24. The first-order valence-corrected chi connectivity index (χ1v) is 5.00. The molecule has 0 bridgehead atoms. The van der Waals surface area contributed by atoms with Gasteiger partial charge in [-0.1, -0.05) is 44.2 Å². The highest BCUT2D eigenvalue weighted by atomic mass is 14.5. The number of allylic oxidation sites excluding steroid dienone is 1. The van der Waals surface area contributed by atoms with Crippen LogP contribution in [0.25, 0.3) is 0 Å². The van der Waals surface area contributed by atoms with E-state index in [1.807, 2.05) is 6.08 Å². The third kappa shape index (κ3) is 2.46. The van der Waals surface area contributed by atoms with E-state index < -0.39 is 0 Å². The average molecular weight is 189 g/mol. The van der Waals surface area contributed by atoms with Gasteiger partial charge in [-0.15, -0.1) is 6.58 Å². The summed E-state index contributed by atoms with van der Waals surface area (Å²) >= 11 is 0. The number of hydrogen-bond donors (Lipinski definition) is 1. The summed E-state index contributed by atoms with van der Waals surface area (Å²) < 4.78 is 0. The molecule has 0 unspecified atom stereocenters. The Hall–Kier alpha value is -1.08. The molecule has 0 aromatic heterocycles. The minimum Gasteiger partial charge on any atom is -0.326 e. The highest BCUT2D eigenvalue weighted by Crippen LogP contribution is 2.27. The maximum absolute atomic E-state index is 5.62. The zero-order valence-electron chi connectivity index (χ0n) is 9.09. The number of rotatable bonds is 4. The molecule has 2 N–H and O–H groups in total. The summed E-state index contributed by atoms with van der Waals surface area (Å²) in [5.41, 5.74) is 8.30. The Morgan fingerprint density at radius 3 is 2.71 bits per heavy atom. The van der Waals surface area contributed by atoms with E-state index in [0.717, 1.165) is 6.42 Å². The Morgan fingerprint density at radius 2 is 2.14 bits per heavy atom. The molecule has 0 radical (unpaired) electrons. The zero-order valence-corrected chi connectivity index (χ0v) is 9.09. The van der Waals surface area contributed by atoms with Crippen molar-refractivity contribution in [2.75, 3.05) is 0 Å². The molecule has 0 saturated carbocycles. The van der Waals surface area contributed by atoms with Crippen molar-refractivity contribution in [1.82, 2.24) is 0 Å². The molecule has 0 atom stereocenters. The molecule has 1 rings (SSSR count). The lowest BCUT2D eigenvalue weighted by molar-refractivity contribution is 0.534. The minimum absolute atomic E-state index is 0.160. The monoisotopic (exact) mass is 189 g/mol. The number of benzene rings is 1. The predicted molar refractivity (Wildman–Crippen MR) is 62.2 cm³/mol. The van der Waals surface area contributed by atoms with Gasteiger partial charge in [-0.2, -0.15) is 0 Å². The normalized spacial score (nSPS) is 11.4. The van der Waals surface area contributed by atoms with Crippen LogP contribution < -0.4 is 5.73 Å². The fourth-order valence-corrected chi connectivity index (χ4v) is 1.60. The van der Waals surface area contributed by atoms with Crippen LogP contribution in [0.1, 0.15) is 31.4 Å². The molecule has 1 aromatic carbocycles. The standard InChI is InChI=1S/C13H19N/c1-4-8-13(2,3)12-7-5-6-11(9-12)10-14/h4-7,9H,1,8,10,14H2,2-3H3. The van der Waals surface area contributed by atoms with Crippen LogP contribution in [0, 0.1) is 0 Å². The smallest absolute Gasteiger partial charge is 0.0178 e. The number of nitrogens with two attached hydrogens (primary N) is 1. The van der Waals surface area contributed by atoms with Crippen molar-refractivity contribution in [2.24, 2.45) is 5.73 Å². The average Bonchev–Trinajstić information content (AvgIpc) is 2.18. The summed E-state index contributed by atoms with van der Waals surface area (Å²) in [5, 5.41) is 0. The molecule has 14 heavy (non-hydrogen) atoms. The molecule has 76 valence electrons. The predicted octanol–water partition coefficient (Wildman–Crippen LogP) is 3.00. The first kappa shape index (κ1) is 11.0. The van der Waals surface area contributed by atoms with E-state index in [2.05, 4.69) is 44.7 Å². The molecular formula is C13H19N. The van der Waals surface area contributed by atoms with E-state index in [9.17, 15) is 0 Å². The highest BCUT2D eigenvalue weighted by Gasteiger charge is 2.18. The topological polar surface area (TPSA) is 26.0 Å². The summed E-state index contributed by atoms with van der Waals surface area (Å²) in [5.74, 6) is 0. The van der Waals surface area contributed by atoms with E-state index in [4.69, 9.17) is 5.73 Å². The van der Waals surface area contributed by atoms with E-state index >= 15 is 0 Å². The Kier molecular flexibility index (Phi) is 3.48. The maximum Gasteiger partial charge on any atom is 0.0178 e. The molecule has 0 aliphatic heterocycles. The van der Waals surface area contributed by atoms with Gasteiger partial charge < -0.3 is 5.73 Å². The second-order valence-electron chi connectivity index (χ2n) is 4.28. The third-order valence-corrected chi connectivity index (χ3v) is 2.60. The Balaban J connectivity index is 2.99. The molecule has 1 nitrogen and oxygen atoms in total. The summed E-state index contributed by atoms with van der Waals surface area (Å²) in [6.45, 7) is 8.85. The molecule has 1 heteroatoms. The van der Waals surface area contributed by atoms with Gasteiger partial charge in [-0.05, 0) is 23.0 Å². The van der Waals surface area contributed by atoms with Gasteiger partial charge in [0, 0.05) is 6.54 Å². The van der Waals surface area contributed by atoms with E-state index in [-0.39, 0.29) is 5.41 Å². The van der Waals surface area contributed by atoms with Gasteiger partial charge in [0.05, 0.1) is 0 Å². The highest BCUT2D eigenvalue weighted by molar-refractivity contribution is 5.29. The van der Waals surface area contributed by atoms with Crippen LogP contribution in [0.5, 0.6) is 0 Å². The summed E-state index contributed by atoms with van der Waals surface area (Å²) in [7, 11) is 0. The molecule has 0 saturated heterocycles. The van der Waals surface area contributed by atoms with Gasteiger partial charge in [-0.25, -0.2) is 0 Å². The van der Waals surface area contributed by atoms with Crippen LogP contribution in [0.3, 0.4) is 0 Å². The summed E-state index contributed by atoms with van der Waals surface area (Å²) in [6, 6.07) is 8.47. The van der Waals surface area contributed by atoms with Gasteiger partial charge in [-0.3, -0.25) is 0 Å². The summed E-state index contributed by atoms with van der Waals surface area (Å²) in [6.07, 6.45) is 2.95. The van der Waals surface area contributed by atoms with Crippen LogP contribution in [-0.4, -0.2) is 0 Å². The fourth-order valence-electron chi connectivity index (χ4n) is 1.60. The minimum atomic E-state index is 0.160. The van der Waals surface area contributed by atoms with Gasteiger partial charge >= 0.3 is 0 Å². The van der Waals surface area contributed by atoms with Gasteiger partial charge in [0.25, 0.3) is 0 Å². The number of hydrogen-bond acceptors (Lipinski definition) is 1. The van der Waals surface area contributed by atoms with E-state index in [0.29, 0.717) is 6.54 Å². The fraction of sp³-hybridized carbons (Fsp3) is 0.385. The molecule has 0 amide bonds. The first-order valence-electron chi connectivity index (χ1n) is 5.00. The SMILES string of the molecule is C=CCC(C)(C)c1cccc(CN)c1. The van der Waals surface area contributed by atoms with Crippen molar-refractivity contribution in [3.8, 4) is 0 Å². The van der Waals surface area contributed by atoms with Crippen LogP contribution in [-0.2, 0) is 12.0 Å². The van der Waals surface area contributed by atoms with Crippen molar-refractivity contribution < 1.29 is 0 Å². The van der Waals surface area contributed by atoms with Crippen LogP contribution >= 0.6 is 0 Å². The molecule has 0 aliphatic rings. The zero-order chi connectivity index (χ0) is 10.6. The van der Waals surface area contributed by atoms with Gasteiger partial charge in [0.15, 0.2) is 0 Å². The summed E-state index contributed by atoms with van der Waals surface area (Å²) in [4.78, 5) is 0. The van der Waals surface area contributed by atoms with Crippen molar-refractivity contribution in [1.29, 1.82) is 0 Å². The second-order valence-corrected chi connectivity index (χ2v) is 4.28.